The van der Waals surface area contributed by atoms with Crippen LogP contribution in [0.15, 0.2) is 29.5 Å². The molecule has 2 N–H and O–H groups in total. The molecular formula is C22H23ClN2O4S. The number of aromatic nitrogens is 1. The average Bonchev–Trinajstić information content (AvgIpc) is 3.20. The van der Waals surface area contributed by atoms with Gasteiger partial charge in [0.15, 0.2) is 5.76 Å². The van der Waals surface area contributed by atoms with E-state index in [1.54, 1.807) is 24.0 Å². The third-order valence-corrected chi connectivity index (χ3v) is 7.23. The number of phenolic OH excluding ortho intramolecular Hbond substituents is 1. The Kier molecular flexibility index (Phi) is 5.59. The van der Waals surface area contributed by atoms with Crippen molar-refractivity contribution in [3.63, 3.8) is 0 Å². The van der Waals surface area contributed by atoms with Crippen LogP contribution < -0.4 is 0 Å². The first-order valence-corrected chi connectivity index (χ1v) is 11.2. The standard InChI is InChI=1S/C22H23ClN2O4S/c1-11-21(30-12(2)24-11)19(27)17-18(13-8-9-16(26)15(23)10-13)25(22(29)20(17)28)14-6-4-3-5-7-14/h8-10,14,18,26,28H,3-7H2,1-2H3. The van der Waals surface area contributed by atoms with Gasteiger partial charge in [0, 0.05) is 6.04 Å². The van der Waals surface area contributed by atoms with Gasteiger partial charge in [-0.3, -0.25) is 9.59 Å². The number of aliphatic hydroxyl groups excluding tert-OH is 1. The third-order valence-electron chi connectivity index (χ3n) is 5.85. The van der Waals surface area contributed by atoms with E-state index in [1.165, 1.54) is 17.4 Å². The number of benzene rings is 1. The normalized spacial score (nSPS) is 20.3. The molecule has 8 heteroatoms. The van der Waals surface area contributed by atoms with E-state index in [9.17, 15) is 19.8 Å². The highest BCUT2D eigenvalue weighted by Crippen LogP contribution is 2.44. The summed E-state index contributed by atoms with van der Waals surface area (Å²) < 4.78 is 0. The molecule has 1 atom stereocenters. The summed E-state index contributed by atoms with van der Waals surface area (Å²) >= 11 is 7.40. The van der Waals surface area contributed by atoms with E-state index in [4.69, 9.17) is 11.6 Å². The van der Waals surface area contributed by atoms with E-state index >= 15 is 0 Å². The van der Waals surface area contributed by atoms with E-state index < -0.39 is 23.5 Å². The fourth-order valence-electron chi connectivity index (χ4n) is 4.48. The van der Waals surface area contributed by atoms with Gasteiger partial charge in [-0.15, -0.1) is 11.3 Å². The minimum Gasteiger partial charge on any atom is -0.506 e. The Morgan fingerprint density at radius 2 is 1.90 bits per heavy atom. The van der Waals surface area contributed by atoms with Crippen LogP contribution >= 0.6 is 22.9 Å². The fraction of sp³-hybridized carbons (Fsp3) is 0.409. The maximum Gasteiger partial charge on any atom is 0.290 e. The number of halogens is 1. The van der Waals surface area contributed by atoms with Crippen molar-refractivity contribution >= 4 is 34.6 Å². The number of rotatable bonds is 4. The molecule has 0 spiro atoms. The fourth-order valence-corrected chi connectivity index (χ4v) is 5.54. The van der Waals surface area contributed by atoms with Gasteiger partial charge in [-0.25, -0.2) is 4.98 Å². The molecule has 1 aliphatic carbocycles. The lowest BCUT2D eigenvalue weighted by Crippen LogP contribution is -2.41. The summed E-state index contributed by atoms with van der Waals surface area (Å²) in [7, 11) is 0. The maximum atomic E-state index is 13.5. The number of aliphatic hydroxyl groups is 1. The van der Waals surface area contributed by atoms with Crippen LogP contribution in [0.2, 0.25) is 5.02 Å². The lowest BCUT2D eigenvalue weighted by molar-refractivity contribution is -0.132. The predicted molar refractivity (Wildman–Crippen MR) is 115 cm³/mol. The number of thiazole rings is 1. The van der Waals surface area contributed by atoms with Gasteiger partial charge in [0.2, 0.25) is 5.78 Å². The zero-order valence-electron chi connectivity index (χ0n) is 16.8. The number of hydrogen-bond acceptors (Lipinski definition) is 6. The van der Waals surface area contributed by atoms with Gasteiger partial charge in [0.05, 0.1) is 32.2 Å². The molecule has 2 aliphatic rings. The van der Waals surface area contributed by atoms with Crippen LogP contribution in [0.4, 0.5) is 0 Å². The van der Waals surface area contributed by atoms with Crippen LogP contribution in [0.3, 0.4) is 0 Å². The molecular weight excluding hydrogens is 424 g/mol. The van der Waals surface area contributed by atoms with Crippen molar-refractivity contribution in [1.82, 2.24) is 9.88 Å². The number of amides is 1. The van der Waals surface area contributed by atoms with Gasteiger partial charge in [-0.2, -0.15) is 0 Å². The lowest BCUT2D eigenvalue weighted by Gasteiger charge is -2.36. The Balaban J connectivity index is 1.84. The minimum absolute atomic E-state index is 0.0547. The first-order chi connectivity index (χ1) is 14.3. The topological polar surface area (TPSA) is 90.7 Å². The zero-order chi connectivity index (χ0) is 21.6. The molecule has 4 rings (SSSR count). The van der Waals surface area contributed by atoms with Crippen molar-refractivity contribution < 1.29 is 19.8 Å². The van der Waals surface area contributed by atoms with Crippen molar-refractivity contribution in [3.8, 4) is 5.75 Å². The summed E-state index contributed by atoms with van der Waals surface area (Å²) in [6.45, 7) is 3.56. The van der Waals surface area contributed by atoms with Crippen LogP contribution in [0.5, 0.6) is 5.75 Å². The van der Waals surface area contributed by atoms with Gasteiger partial charge < -0.3 is 15.1 Å². The highest BCUT2D eigenvalue weighted by molar-refractivity contribution is 7.14. The van der Waals surface area contributed by atoms with Gasteiger partial charge in [0.1, 0.15) is 5.75 Å². The van der Waals surface area contributed by atoms with Crippen molar-refractivity contribution in [2.75, 3.05) is 0 Å². The van der Waals surface area contributed by atoms with Crippen molar-refractivity contribution in [2.24, 2.45) is 0 Å². The van der Waals surface area contributed by atoms with Crippen molar-refractivity contribution in [2.45, 2.75) is 58.0 Å². The number of Topliss-reactive ketones (excluding diaryl/α,β-unsaturated/α-hetero) is 1. The number of aryl methyl sites for hydroxylation is 2. The van der Waals surface area contributed by atoms with Gasteiger partial charge in [-0.1, -0.05) is 36.9 Å². The molecule has 2 heterocycles. The Bertz CT molecular complexity index is 1060. The second-order valence-electron chi connectivity index (χ2n) is 7.86. The molecule has 0 radical (unpaired) electrons. The van der Waals surface area contributed by atoms with Crippen molar-refractivity contribution in [1.29, 1.82) is 0 Å². The molecule has 1 saturated carbocycles. The monoisotopic (exact) mass is 446 g/mol. The molecule has 1 aromatic heterocycles. The SMILES string of the molecule is Cc1nc(C)c(C(=O)C2=C(O)C(=O)N(C3CCCCC3)C2c2ccc(O)c(Cl)c2)s1. The second-order valence-corrected chi connectivity index (χ2v) is 9.47. The van der Waals surface area contributed by atoms with E-state index in [1.807, 2.05) is 6.92 Å². The highest BCUT2D eigenvalue weighted by atomic mass is 35.5. The molecule has 1 aromatic carbocycles. The van der Waals surface area contributed by atoms with E-state index in [0.29, 0.717) is 16.1 Å². The Hall–Kier alpha value is -2.38. The lowest BCUT2D eigenvalue weighted by atomic mass is 9.90. The predicted octanol–water partition coefficient (Wildman–Crippen LogP) is 5.03. The Morgan fingerprint density at radius 3 is 2.50 bits per heavy atom. The molecule has 1 aliphatic heterocycles. The van der Waals surface area contributed by atoms with Crippen LogP contribution in [0.25, 0.3) is 0 Å². The van der Waals surface area contributed by atoms with E-state index in [-0.39, 0.29) is 22.4 Å². The van der Waals surface area contributed by atoms with Gasteiger partial charge in [0.25, 0.3) is 5.91 Å². The Morgan fingerprint density at radius 1 is 1.20 bits per heavy atom. The smallest absolute Gasteiger partial charge is 0.290 e. The number of nitrogens with zero attached hydrogens (tertiary/aromatic N) is 2. The van der Waals surface area contributed by atoms with Crippen LogP contribution in [-0.2, 0) is 4.79 Å². The van der Waals surface area contributed by atoms with Crippen LogP contribution in [0, 0.1) is 13.8 Å². The summed E-state index contributed by atoms with van der Waals surface area (Å²) in [5.74, 6) is -1.51. The molecule has 1 unspecified atom stereocenters. The summed E-state index contributed by atoms with van der Waals surface area (Å²) in [6, 6.07) is 3.82. The second kappa shape index (κ2) is 8.04. The maximum absolute atomic E-state index is 13.5. The summed E-state index contributed by atoms with van der Waals surface area (Å²) in [4.78, 5) is 33.0. The summed E-state index contributed by atoms with van der Waals surface area (Å²) in [5, 5.41) is 21.5. The van der Waals surface area contributed by atoms with Gasteiger partial charge in [-0.05, 0) is 44.4 Å². The minimum atomic E-state index is -0.756. The highest BCUT2D eigenvalue weighted by Gasteiger charge is 2.47. The summed E-state index contributed by atoms with van der Waals surface area (Å²) in [5.41, 5.74) is 1.22. The van der Waals surface area contributed by atoms with Crippen LogP contribution in [0.1, 0.15) is 64.1 Å². The quantitative estimate of drug-likeness (QED) is 0.643. The third kappa shape index (κ3) is 3.50. The first-order valence-electron chi connectivity index (χ1n) is 10.0. The number of phenols is 1. The van der Waals surface area contributed by atoms with E-state index in [0.717, 1.165) is 37.1 Å². The molecule has 0 bridgehead atoms. The largest absolute Gasteiger partial charge is 0.506 e. The molecule has 30 heavy (non-hydrogen) atoms. The molecule has 1 amide bonds. The first kappa shape index (κ1) is 20.9. The van der Waals surface area contributed by atoms with Gasteiger partial charge >= 0.3 is 0 Å². The average molecular weight is 447 g/mol. The number of hydrogen-bond donors (Lipinski definition) is 2. The zero-order valence-corrected chi connectivity index (χ0v) is 18.4. The molecule has 6 nitrogen and oxygen atoms in total. The van der Waals surface area contributed by atoms with Crippen LogP contribution in [-0.4, -0.2) is 37.8 Å². The van der Waals surface area contributed by atoms with E-state index in [2.05, 4.69) is 4.98 Å². The molecule has 1 fully saturated rings. The molecule has 158 valence electrons. The molecule has 0 saturated heterocycles. The number of ketones is 1. The Labute approximate surface area is 183 Å². The number of carbonyl (C=O) groups is 2. The number of aromatic hydroxyl groups is 1. The molecule has 2 aromatic rings. The summed E-state index contributed by atoms with van der Waals surface area (Å²) in [6.07, 6.45) is 4.74. The van der Waals surface area contributed by atoms with Crippen molar-refractivity contribution in [3.05, 3.63) is 55.7 Å². The number of carbonyl (C=O) groups excluding carboxylic acids is 2.